The van der Waals surface area contributed by atoms with Crippen molar-refractivity contribution in [1.82, 2.24) is 29.5 Å². The highest BCUT2D eigenvalue weighted by atomic mass is 16.5. The number of aromatic nitrogens is 4. The summed E-state index contributed by atoms with van der Waals surface area (Å²) in [6.07, 6.45) is 5.15. The van der Waals surface area contributed by atoms with Crippen molar-refractivity contribution < 1.29 is 9.32 Å². The monoisotopic (exact) mass is 424 g/mol. The Morgan fingerprint density at radius 3 is 2.68 bits per heavy atom. The summed E-state index contributed by atoms with van der Waals surface area (Å²) >= 11 is 0. The molecule has 3 aromatic rings. The number of carbonyl (C=O) groups is 1. The first-order valence-corrected chi connectivity index (χ1v) is 11.2. The van der Waals surface area contributed by atoms with Crippen LogP contribution in [0.3, 0.4) is 0 Å². The fraction of sp³-hybridized carbons (Fsp3) is 0.545. The average Bonchev–Trinajstić information content (AvgIpc) is 3.52. The number of rotatable bonds is 5. The van der Waals surface area contributed by atoms with Crippen LogP contribution in [0.2, 0.25) is 0 Å². The second kappa shape index (κ2) is 8.30. The summed E-state index contributed by atoms with van der Waals surface area (Å²) < 4.78 is 7.04. The lowest BCUT2D eigenvalue weighted by atomic mass is 10.1. The maximum atomic E-state index is 13.1. The molecule has 1 N–H and O–H groups in total. The predicted molar refractivity (Wildman–Crippen MR) is 115 cm³/mol. The molecule has 1 saturated heterocycles. The van der Waals surface area contributed by atoms with Crippen LogP contribution in [0.25, 0.3) is 11.0 Å². The quantitative estimate of drug-likeness (QED) is 0.675. The lowest BCUT2D eigenvalue weighted by Crippen LogP contribution is -2.48. The standard InChI is InChI=1S/C22H28N6O3/c1-2-20-24-19(25-31-20)14-26-9-11-27(12-10-26)21(29)15-7-8-18-17(13-15)23-22(30)28(18)16-5-3-4-6-16/h7-8,13,16H,2-6,9-12,14H2,1H3,(H,23,30). The summed E-state index contributed by atoms with van der Waals surface area (Å²) in [5.74, 6) is 1.35. The number of H-pyrrole nitrogens is 1. The number of piperazine rings is 1. The van der Waals surface area contributed by atoms with E-state index in [9.17, 15) is 9.59 Å². The second-order valence-electron chi connectivity index (χ2n) is 8.50. The third kappa shape index (κ3) is 3.89. The number of imidazole rings is 1. The van der Waals surface area contributed by atoms with Crippen molar-refractivity contribution in [2.45, 2.75) is 51.6 Å². The van der Waals surface area contributed by atoms with Crippen molar-refractivity contribution in [3.8, 4) is 0 Å². The second-order valence-corrected chi connectivity index (χ2v) is 8.50. The molecule has 164 valence electrons. The van der Waals surface area contributed by atoms with Crippen molar-refractivity contribution in [2.24, 2.45) is 0 Å². The van der Waals surface area contributed by atoms with Gasteiger partial charge >= 0.3 is 5.69 Å². The molecule has 1 saturated carbocycles. The Kier molecular flexibility index (Phi) is 5.35. The van der Waals surface area contributed by atoms with E-state index in [1.165, 1.54) is 12.8 Å². The van der Waals surface area contributed by atoms with Gasteiger partial charge in [-0.1, -0.05) is 24.9 Å². The molecule has 1 aromatic carbocycles. The van der Waals surface area contributed by atoms with E-state index >= 15 is 0 Å². The van der Waals surface area contributed by atoms with Crippen LogP contribution < -0.4 is 5.69 Å². The number of nitrogens with one attached hydrogen (secondary N) is 1. The number of fused-ring (bicyclic) bond motifs is 1. The van der Waals surface area contributed by atoms with Gasteiger partial charge in [-0.25, -0.2) is 4.79 Å². The van der Waals surface area contributed by atoms with Crippen LogP contribution in [-0.4, -0.2) is 61.6 Å². The van der Waals surface area contributed by atoms with E-state index in [-0.39, 0.29) is 17.6 Å². The van der Waals surface area contributed by atoms with E-state index in [1.807, 2.05) is 34.6 Å². The van der Waals surface area contributed by atoms with Gasteiger partial charge in [-0.2, -0.15) is 4.98 Å². The zero-order valence-corrected chi connectivity index (χ0v) is 17.8. The highest BCUT2D eigenvalue weighted by molar-refractivity contribution is 5.97. The van der Waals surface area contributed by atoms with Crippen molar-refractivity contribution in [1.29, 1.82) is 0 Å². The highest BCUT2D eigenvalue weighted by Gasteiger charge is 2.25. The fourth-order valence-corrected chi connectivity index (χ4v) is 4.78. The molecular weight excluding hydrogens is 396 g/mol. The van der Waals surface area contributed by atoms with Gasteiger partial charge in [-0.15, -0.1) is 0 Å². The van der Waals surface area contributed by atoms with Crippen molar-refractivity contribution in [2.75, 3.05) is 26.2 Å². The topological polar surface area (TPSA) is 100 Å². The van der Waals surface area contributed by atoms with E-state index in [1.54, 1.807) is 0 Å². The fourth-order valence-electron chi connectivity index (χ4n) is 4.78. The Bertz CT molecular complexity index is 1130. The molecule has 2 aromatic heterocycles. The zero-order valence-electron chi connectivity index (χ0n) is 17.8. The number of nitrogens with zero attached hydrogens (tertiary/aromatic N) is 5. The molecule has 31 heavy (non-hydrogen) atoms. The number of aromatic amines is 1. The van der Waals surface area contributed by atoms with Crippen LogP contribution in [0.15, 0.2) is 27.5 Å². The van der Waals surface area contributed by atoms with Gasteiger partial charge in [-0.05, 0) is 31.0 Å². The number of hydrogen-bond donors (Lipinski definition) is 1. The molecule has 9 nitrogen and oxygen atoms in total. The zero-order chi connectivity index (χ0) is 21.4. The van der Waals surface area contributed by atoms with Gasteiger partial charge in [0.2, 0.25) is 5.89 Å². The van der Waals surface area contributed by atoms with Crippen LogP contribution >= 0.6 is 0 Å². The number of aryl methyl sites for hydroxylation is 1. The van der Waals surface area contributed by atoms with Crippen molar-refractivity contribution in [3.63, 3.8) is 0 Å². The first kappa shape index (κ1) is 20.0. The summed E-state index contributed by atoms with van der Waals surface area (Å²) in [6.45, 7) is 5.44. The summed E-state index contributed by atoms with van der Waals surface area (Å²) in [7, 11) is 0. The third-order valence-corrected chi connectivity index (χ3v) is 6.49. The van der Waals surface area contributed by atoms with Gasteiger partial charge in [0.1, 0.15) is 0 Å². The lowest BCUT2D eigenvalue weighted by Gasteiger charge is -2.34. The van der Waals surface area contributed by atoms with Gasteiger partial charge in [0, 0.05) is 44.2 Å². The molecule has 1 aliphatic carbocycles. The number of hydrogen-bond acceptors (Lipinski definition) is 6. The highest BCUT2D eigenvalue weighted by Crippen LogP contribution is 2.30. The number of amides is 1. The third-order valence-electron chi connectivity index (χ3n) is 6.49. The molecule has 2 aliphatic rings. The lowest BCUT2D eigenvalue weighted by molar-refractivity contribution is 0.0624. The van der Waals surface area contributed by atoms with Gasteiger partial charge in [0.15, 0.2) is 5.82 Å². The Morgan fingerprint density at radius 2 is 1.97 bits per heavy atom. The molecule has 1 aliphatic heterocycles. The van der Waals surface area contributed by atoms with E-state index in [0.717, 1.165) is 43.4 Å². The molecule has 1 amide bonds. The molecule has 0 unspecified atom stereocenters. The number of benzene rings is 1. The SMILES string of the molecule is CCc1nc(CN2CCN(C(=O)c3ccc4c(c3)[nH]c(=O)n4C3CCCC3)CC2)no1. The average molecular weight is 425 g/mol. The van der Waals surface area contributed by atoms with E-state index in [2.05, 4.69) is 20.0 Å². The Labute approximate surface area is 180 Å². The summed E-state index contributed by atoms with van der Waals surface area (Å²) in [6, 6.07) is 5.85. The van der Waals surface area contributed by atoms with Crippen LogP contribution in [0, 0.1) is 0 Å². The molecule has 2 fully saturated rings. The van der Waals surface area contributed by atoms with Crippen molar-refractivity contribution >= 4 is 16.9 Å². The van der Waals surface area contributed by atoms with Crippen LogP contribution in [-0.2, 0) is 13.0 Å². The Balaban J connectivity index is 1.25. The predicted octanol–water partition coefficient (Wildman–Crippen LogP) is 2.35. The minimum absolute atomic E-state index is 0.00356. The van der Waals surface area contributed by atoms with Gasteiger partial charge in [0.05, 0.1) is 17.6 Å². The minimum atomic E-state index is -0.0761. The minimum Gasteiger partial charge on any atom is -0.339 e. The van der Waals surface area contributed by atoms with Gasteiger partial charge in [-0.3, -0.25) is 14.3 Å². The van der Waals surface area contributed by atoms with Crippen LogP contribution in [0.1, 0.15) is 60.7 Å². The smallest absolute Gasteiger partial charge is 0.326 e. The molecular formula is C22H28N6O3. The number of carbonyl (C=O) groups excluding carboxylic acids is 1. The maximum Gasteiger partial charge on any atom is 0.326 e. The molecule has 0 bridgehead atoms. The van der Waals surface area contributed by atoms with E-state index in [0.29, 0.717) is 36.9 Å². The normalized spacial score (nSPS) is 18.3. The Hall–Kier alpha value is -2.94. The Morgan fingerprint density at radius 1 is 1.19 bits per heavy atom. The molecule has 3 heterocycles. The summed E-state index contributed by atoms with van der Waals surface area (Å²) in [4.78, 5) is 37.0. The van der Waals surface area contributed by atoms with Gasteiger partial charge in [0.25, 0.3) is 5.91 Å². The van der Waals surface area contributed by atoms with Crippen LogP contribution in [0.5, 0.6) is 0 Å². The first-order chi connectivity index (χ1) is 15.1. The first-order valence-electron chi connectivity index (χ1n) is 11.2. The summed E-state index contributed by atoms with van der Waals surface area (Å²) in [5, 5.41) is 4.01. The maximum absolute atomic E-state index is 13.1. The van der Waals surface area contributed by atoms with E-state index in [4.69, 9.17) is 4.52 Å². The summed E-state index contributed by atoms with van der Waals surface area (Å²) in [5.41, 5.74) is 2.18. The molecule has 0 atom stereocenters. The molecule has 0 spiro atoms. The van der Waals surface area contributed by atoms with Gasteiger partial charge < -0.3 is 14.4 Å². The molecule has 0 radical (unpaired) electrons. The molecule has 9 heteroatoms. The van der Waals surface area contributed by atoms with Crippen LogP contribution in [0.4, 0.5) is 0 Å². The van der Waals surface area contributed by atoms with E-state index < -0.39 is 0 Å². The molecule has 5 rings (SSSR count). The van der Waals surface area contributed by atoms with Crippen molar-refractivity contribution in [3.05, 3.63) is 46.0 Å². The largest absolute Gasteiger partial charge is 0.339 e.